The number of benzene rings is 1. The zero-order valence-corrected chi connectivity index (χ0v) is 9.74. The van der Waals surface area contributed by atoms with E-state index in [4.69, 9.17) is 0 Å². The Labute approximate surface area is 93.5 Å². The molecule has 0 aromatic heterocycles. The number of hydrogen-bond donors (Lipinski definition) is 1. The van der Waals surface area contributed by atoms with Crippen LogP contribution in [-0.4, -0.2) is 20.4 Å². The number of nitrogens with one attached hydrogen (secondary N) is 1. The predicted molar refractivity (Wildman–Crippen MR) is 58.7 cm³/mol. The third kappa shape index (κ3) is 2.20. The second kappa shape index (κ2) is 4.58. The van der Waals surface area contributed by atoms with Crippen molar-refractivity contribution in [3.8, 4) is 0 Å². The topological polar surface area (TPSA) is 89.3 Å². The van der Waals surface area contributed by atoms with Crippen molar-refractivity contribution in [1.29, 1.82) is 0 Å². The zero-order chi connectivity index (χ0) is 12.3. The highest BCUT2D eigenvalue weighted by Gasteiger charge is 2.22. The monoisotopic (exact) mass is 244 g/mol. The summed E-state index contributed by atoms with van der Waals surface area (Å²) in [5.74, 6) is 0. The summed E-state index contributed by atoms with van der Waals surface area (Å²) in [6.45, 7) is 1.68. The Morgan fingerprint density at radius 1 is 1.44 bits per heavy atom. The van der Waals surface area contributed by atoms with Crippen LogP contribution in [0.2, 0.25) is 0 Å². The van der Waals surface area contributed by atoms with Crippen LogP contribution in [-0.2, 0) is 16.4 Å². The SMILES string of the molecule is CCc1c([N+](=O)[O-])cccc1S(=O)(=O)NC. The third-order valence-corrected chi connectivity index (χ3v) is 3.72. The summed E-state index contributed by atoms with van der Waals surface area (Å²) in [4.78, 5) is 10.1. The van der Waals surface area contributed by atoms with E-state index in [9.17, 15) is 18.5 Å². The molecule has 88 valence electrons. The second-order valence-corrected chi connectivity index (χ2v) is 4.93. The molecule has 16 heavy (non-hydrogen) atoms. The normalized spacial score (nSPS) is 11.4. The molecule has 6 nitrogen and oxygen atoms in total. The van der Waals surface area contributed by atoms with Gasteiger partial charge in [-0.2, -0.15) is 0 Å². The minimum atomic E-state index is -3.65. The van der Waals surface area contributed by atoms with Crippen molar-refractivity contribution in [2.24, 2.45) is 0 Å². The van der Waals surface area contributed by atoms with Gasteiger partial charge >= 0.3 is 0 Å². The van der Waals surface area contributed by atoms with Crippen LogP contribution < -0.4 is 4.72 Å². The lowest BCUT2D eigenvalue weighted by Crippen LogP contribution is -2.20. The molecule has 0 radical (unpaired) electrons. The first-order chi connectivity index (χ1) is 7.44. The lowest BCUT2D eigenvalue weighted by atomic mass is 10.1. The summed E-state index contributed by atoms with van der Waals surface area (Å²) >= 11 is 0. The maximum Gasteiger partial charge on any atom is 0.273 e. The van der Waals surface area contributed by atoms with Gasteiger partial charge in [0.25, 0.3) is 5.69 Å². The number of sulfonamides is 1. The minimum Gasteiger partial charge on any atom is -0.258 e. The predicted octanol–water partition coefficient (Wildman–Crippen LogP) is 1.07. The Morgan fingerprint density at radius 2 is 2.06 bits per heavy atom. The number of rotatable bonds is 4. The van der Waals surface area contributed by atoms with E-state index < -0.39 is 14.9 Å². The summed E-state index contributed by atoms with van der Waals surface area (Å²) in [6, 6.07) is 4.02. The highest BCUT2D eigenvalue weighted by Crippen LogP contribution is 2.25. The molecular formula is C9H12N2O4S. The first-order valence-corrected chi connectivity index (χ1v) is 6.12. The van der Waals surface area contributed by atoms with Gasteiger partial charge in [-0.25, -0.2) is 13.1 Å². The van der Waals surface area contributed by atoms with Crippen LogP contribution in [0, 0.1) is 10.1 Å². The first kappa shape index (κ1) is 12.6. The van der Waals surface area contributed by atoms with Gasteiger partial charge in [-0.15, -0.1) is 0 Å². The fourth-order valence-electron chi connectivity index (χ4n) is 1.44. The quantitative estimate of drug-likeness (QED) is 0.633. The van der Waals surface area contributed by atoms with Crippen molar-refractivity contribution in [1.82, 2.24) is 4.72 Å². The molecule has 0 bridgehead atoms. The molecule has 1 aromatic carbocycles. The van der Waals surface area contributed by atoms with Crippen LogP contribution >= 0.6 is 0 Å². The van der Waals surface area contributed by atoms with Crippen LogP contribution in [0.15, 0.2) is 23.1 Å². The van der Waals surface area contributed by atoms with Gasteiger partial charge in [-0.05, 0) is 19.5 Å². The number of hydrogen-bond acceptors (Lipinski definition) is 4. The molecule has 0 saturated carbocycles. The van der Waals surface area contributed by atoms with Gasteiger partial charge in [-0.3, -0.25) is 10.1 Å². The van der Waals surface area contributed by atoms with Gasteiger partial charge in [0.05, 0.1) is 9.82 Å². The Balaban J connectivity index is 3.54. The summed E-state index contributed by atoms with van der Waals surface area (Å²) in [5.41, 5.74) is 0.0562. The third-order valence-electron chi connectivity index (χ3n) is 2.22. The Morgan fingerprint density at radius 3 is 2.50 bits per heavy atom. The maximum absolute atomic E-state index is 11.6. The minimum absolute atomic E-state index is 0.0355. The van der Waals surface area contributed by atoms with Gasteiger partial charge in [0.15, 0.2) is 0 Å². The van der Waals surface area contributed by atoms with E-state index in [0.717, 1.165) is 0 Å². The van der Waals surface area contributed by atoms with Crippen molar-refractivity contribution in [2.75, 3.05) is 7.05 Å². The zero-order valence-electron chi connectivity index (χ0n) is 8.93. The molecule has 0 aliphatic heterocycles. The Kier molecular flexibility index (Phi) is 3.61. The number of nitro benzene ring substituents is 1. The first-order valence-electron chi connectivity index (χ1n) is 4.64. The van der Waals surface area contributed by atoms with Crippen LogP contribution in [0.5, 0.6) is 0 Å². The van der Waals surface area contributed by atoms with Crippen LogP contribution in [0.1, 0.15) is 12.5 Å². The van der Waals surface area contributed by atoms with Crippen molar-refractivity contribution in [3.63, 3.8) is 0 Å². The van der Waals surface area contributed by atoms with E-state index in [1.54, 1.807) is 6.92 Å². The molecule has 0 amide bonds. The molecule has 1 rings (SSSR count). The van der Waals surface area contributed by atoms with E-state index in [-0.39, 0.29) is 22.6 Å². The highest BCUT2D eigenvalue weighted by atomic mass is 32.2. The van der Waals surface area contributed by atoms with Crippen LogP contribution in [0.3, 0.4) is 0 Å². The second-order valence-electron chi connectivity index (χ2n) is 3.07. The van der Waals surface area contributed by atoms with Crippen LogP contribution in [0.4, 0.5) is 5.69 Å². The number of nitro groups is 1. The fourth-order valence-corrected chi connectivity index (χ4v) is 2.49. The summed E-state index contributed by atoms with van der Waals surface area (Å²) in [7, 11) is -2.38. The summed E-state index contributed by atoms with van der Waals surface area (Å²) in [5, 5.41) is 10.7. The molecule has 0 fully saturated rings. The van der Waals surface area contributed by atoms with Crippen molar-refractivity contribution < 1.29 is 13.3 Å². The van der Waals surface area contributed by atoms with Gasteiger partial charge < -0.3 is 0 Å². The van der Waals surface area contributed by atoms with Gasteiger partial charge in [0, 0.05) is 11.6 Å². The smallest absolute Gasteiger partial charge is 0.258 e. The fraction of sp³-hybridized carbons (Fsp3) is 0.333. The molecule has 0 heterocycles. The molecule has 0 spiro atoms. The average Bonchev–Trinajstić information content (AvgIpc) is 2.27. The molecule has 0 aliphatic carbocycles. The van der Waals surface area contributed by atoms with E-state index >= 15 is 0 Å². The number of nitrogens with zero attached hydrogens (tertiary/aromatic N) is 1. The Hall–Kier alpha value is -1.47. The average molecular weight is 244 g/mol. The highest BCUT2D eigenvalue weighted by molar-refractivity contribution is 7.89. The van der Waals surface area contributed by atoms with Crippen molar-refractivity contribution in [2.45, 2.75) is 18.2 Å². The molecule has 1 aromatic rings. The van der Waals surface area contributed by atoms with Gasteiger partial charge in [0.2, 0.25) is 10.0 Å². The molecule has 0 aliphatic rings. The summed E-state index contributed by atoms with van der Waals surface area (Å²) in [6.07, 6.45) is 0.285. The van der Waals surface area contributed by atoms with Gasteiger partial charge in [-0.1, -0.05) is 13.0 Å². The molecule has 0 unspecified atom stereocenters. The lowest BCUT2D eigenvalue weighted by molar-refractivity contribution is -0.385. The molecular weight excluding hydrogens is 232 g/mol. The molecule has 0 saturated heterocycles. The van der Waals surface area contributed by atoms with E-state index in [0.29, 0.717) is 0 Å². The molecule has 1 N–H and O–H groups in total. The summed E-state index contributed by atoms with van der Waals surface area (Å²) < 4.78 is 25.4. The molecule has 0 atom stereocenters. The standard InChI is InChI=1S/C9H12N2O4S/c1-3-7-8(11(12)13)5-4-6-9(7)16(14,15)10-2/h4-6,10H,3H2,1-2H3. The van der Waals surface area contributed by atoms with Crippen LogP contribution in [0.25, 0.3) is 0 Å². The molecule has 7 heteroatoms. The largest absolute Gasteiger partial charge is 0.273 e. The van der Waals surface area contributed by atoms with Gasteiger partial charge in [0.1, 0.15) is 0 Å². The van der Waals surface area contributed by atoms with Crippen molar-refractivity contribution in [3.05, 3.63) is 33.9 Å². The van der Waals surface area contributed by atoms with E-state index in [2.05, 4.69) is 4.72 Å². The maximum atomic E-state index is 11.6. The Bertz CT molecular complexity index is 510. The van der Waals surface area contributed by atoms with E-state index in [1.165, 1.54) is 25.2 Å². The van der Waals surface area contributed by atoms with E-state index in [1.807, 2.05) is 0 Å². The lowest BCUT2D eigenvalue weighted by Gasteiger charge is -2.08. The van der Waals surface area contributed by atoms with Crippen molar-refractivity contribution >= 4 is 15.7 Å².